The van der Waals surface area contributed by atoms with Gasteiger partial charge in [-0.05, 0) is 63.2 Å². The summed E-state index contributed by atoms with van der Waals surface area (Å²) in [5.74, 6) is 2.61. The zero-order valence-electron chi connectivity index (χ0n) is 14.1. The van der Waals surface area contributed by atoms with Crippen LogP contribution in [0, 0.1) is 23.7 Å². The van der Waals surface area contributed by atoms with E-state index in [4.69, 9.17) is 0 Å². The highest BCUT2D eigenvalue weighted by Crippen LogP contribution is 2.44. The van der Waals surface area contributed by atoms with Crippen molar-refractivity contribution in [3.63, 3.8) is 0 Å². The van der Waals surface area contributed by atoms with Crippen LogP contribution in [0.5, 0.6) is 0 Å². The van der Waals surface area contributed by atoms with Crippen LogP contribution >= 0.6 is 0 Å². The van der Waals surface area contributed by atoms with Gasteiger partial charge in [0.1, 0.15) is 0 Å². The van der Waals surface area contributed by atoms with Crippen LogP contribution in [0.25, 0.3) is 0 Å². The number of nitrogens with zero attached hydrogens (tertiary/aromatic N) is 1. The fraction of sp³-hybridized carbons (Fsp3) is 0.895. The van der Waals surface area contributed by atoms with Gasteiger partial charge < -0.3 is 10.2 Å². The summed E-state index contributed by atoms with van der Waals surface area (Å²) < 4.78 is 0. The summed E-state index contributed by atoms with van der Waals surface area (Å²) in [6.07, 6.45) is 11.8. The van der Waals surface area contributed by atoms with Crippen molar-refractivity contribution in [1.82, 2.24) is 10.2 Å². The molecule has 0 aromatic heterocycles. The van der Waals surface area contributed by atoms with Gasteiger partial charge in [-0.3, -0.25) is 9.59 Å². The first-order valence-electron chi connectivity index (χ1n) is 9.80. The molecular formula is C19H30N2O2. The van der Waals surface area contributed by atoms with Gasteiger partial charge in [0.05, 0.1) is 5.92 Å². The van der Waals surface area contributed by atoms with Gasteiger partial charge in [0, 0.05) is 25.0 Å². The van der Waals surface area contributed by atoms with Crippen molar-refractivity contribution in [3.05, 3.63) is 0 Å². The van der Waals surface area contributed by atoms with Crippen LogP contribution in [0.2, 0.25) is 0 Å². The number of rotatable bonds is 4. The Labute approximate surface area is 139 Å². The minimum absolute atomic E-state index is 0.0211. The Morgan fingerprint density at radius 1 is 0.826 bits per heavy atom. The number of carbonyl (C=O) groups excluding carboxylic acids is 2. The standard InChI is InChI=1S/C19H30N2O2/c22-18(20-17-5-1-3-15(11-17)13-6-7-13)16-4-2-10-21(12-16)19(23)14-8-9-14/h13-17H,1-12H2,(H,20,22)/t15-,16-,17-/m1/s1. The van der Waals surface area contributed by atoms with Crippen molar-refractivity contribution in [1.29, 1.82) is 0 Å². The van der Waals surface area contributed by atoms with E-state index in [2.05, 4.69) is 5.32 Å². The molecule has 1 heterocycles. The van der Waals surface area contributed by atoms with Gasteiger partial charge >= 0.3 is 0 Å². The number of likely N-dealkylation sites (tertiary alicyclic amines) is 1. The number of amides is 2. The molecule has 4 fully saturated rings. The molecule has 4 rings (SSSR count). The molecule has 1 aliphatic heterocycles. The van der Waals surface area contributed by atoms with Gasteiger partial charge in [0.25, 0.3) is 0 Å². The van der Waals surface area contributed by atoms with E-state index in [9.17, 15) is 9.59 Å². The summed E-state index contributed by atoms with van der Waals surface area (Å²) in [4.78, 5) is 26.9. The van der Waals surface area contributed by atoms with Crippen molar-refractivity contribution >= 4 is 11.8 Å². The molecule has 1 saturated heterocycles. The molecule has 0 aromatic carbocycles. The molecular weight excluding hydrogens is 288 g/mol. The van der Waals surface area contributed by atoms with Crippen LogP contribution in [0.1, 0.15) is 64.2 Å². The lowest BCUT2D eigenvalue weighted by Gasteiger charge is -2.35. The molecule has 4 nitrogen and oxygen atoms in total. The van der Waals surface area contributed by atoms with Crippen molar-refractivity contribution in [3.8, 4) is 0 Å². The second-order valence-corrected chi connectivity index (χ2v) is 8.37. The smallest absolute Gasteiger partial charge is 0.225 e. The number of hydrogen-bond donors (Lipinski definition) is 1. The van der Waals surface area contributed by atoms with E-state index >= 15 is 0 Å². The van der Waals surface area contributed by atoms with E-state index in [1.807, 2.05) is 4.90 Å². The maximum Gasteiger partial charge on any atom is 0.225 e. The normalized spacial score (nSPS) is 35.0. The zero-order chi connectivity index (χ0) is 15.8. The van der Waals surface area contributed by atoms with Crippen LogP contribution in [-0.2, 0) is 9.59 Å². The maximum atomic E-state index is 12.7. The Bertz CT molecular complexity index is 470. The van der Waals surface area contributed by atoms with Gasteiger partial charge in [0.2, 0.25) is 11.8 Å². The molecule has 4 heteroatoms. The molecule has 3 aliphatic carbocycles. The topological polar surface area (TPSA) is 49.4 Å². The van der Waals surface area contributed by atoms with Gasteiger partial charge in [-0.15, -0.1) is 0 Å². The van der Waals surface area contributed by atoms with Crippen molar-refractivity contribution in [2.45, 2.75) is 70.3 Å². The summed E-state index contributed by atoms with van der Waals surface area (Å²) in [5.41, 5.74) is 0. The van der Waals surface area contributed by atoms with E-state index in [0.717, 1.165) is 50.5 Å². The van der Waals surface area contributed by atoms with Gasteiger partial charge in [-0.2, -0.15) is 0 Å². The number of nitrogens with one attached hydrogen (secondary N) is 1. The molecule has 0 unspecified atom stereocenters. The number of carbonyl (C=O) groups is 2. The Hall–Kier alpha value is -1.06. The Balaban J connectivity index is 1.28. The summed E-state index contributed by atoms with van der Waals surface area (Å²) in [6, 6.07) is 0.386. The van der Waals surface area contributed by atoms with Gasteiger partial charge in [-0.25, -0.2) is 0 Å². The molecule has 128 valence electrons. The van der Waals surface area contributed by atoms with Crippen molar-refractivity contribution in [2.24, 2.45) is 23.7 Å². The summed E-state index contributed by atoms with van der Waals surface area (Å²) in [5, 5.41) is 3.33. The number of hydrogen-bond acceptors (Lipinski definition) is 2. The monoisotopic (exact) mass is 318 g/mol. The average Bonchev–Trinajstić information content (AvgIpc) is 3.47. The molecule has 0 bridgehead atoms. The highest BCUT2D eigenvalue weighted by Gasteiger charge is 2.38. The second-order valence-electron chi connectivity index (χ2n) is 8.37. The minimum atomic E-state index is 0.0211. The van der Waals surface area contributed by atoms with Gasteiger partial charge in [-0.1, -0.05) is 12.8 Å². The second kappa shape index (κ2) is 6.45. The molecule has 0 aromatic rings. The predicted octanol–water partition coefficient (Wildman–Crippen LogP) is 2.72. The van der Waals surface area contributed by atoms with Crippen LogP contribution < -0.4 is 5.32 Å². The van der Waals surface area contributed by atoms with E-state index in [0.29, 0.717) is 18.5 Å². The first kappa shape index (κ1) is 15.5. The molecule has 0 spiro atoms. The molecule has 23 heavy (non-hydrogen) atoms. The molecule has 3 saturated carbocycles. The van der Waals surface area contributed by atoms with E-state index in [1.54, 1.807) is 0 Å². The lowest BCUT2D eigenvalue weighted by molar-refractivity contribution is -0.137. The van der Waals surface area contributed by atoms with Crippen molar-refractivity contribution in [2.75, 3.05) is 13.1 Å². The predicted molar refractivity (Wildman–Crippen MR) is 88.6 cm³/mol. The van der Waals surface area contributed by atoms with E-state index in [1.165, 1.54) is 32.1 Å². The van der Waals surface area contributed by atoms with Crippen LogP contribution in [0.15, 0.2) is 0 Å². The molecule has 1 N–H and O–H groups in total. The lowest BCUT2D eigenvalue weighted by Crippen LogP contribution is -2.48. The zero-order valence-corrected chi connectivity index (χ0v) is 14.1. The van der Waals surface area contributed by atoms with Crippen molar-refractivity contribution < 1.29 is 9.59 Å². The summed E-state index contributed by atoms with van der Waals surface area (Å²) >= 11 is 0. The fourth-order valence-electron chi connectivity index (χ4n) is 4.65. The van der Waals surface area contributed by atoms with E-state index < -0.39 is 0 Å². The first-order valence-corrected chi connectivity index (χ1v) is 9.80. The molecule has 4 aliphatic rings. The minimum Gasteiger partial charge on any atom is -0.353 e. The third-order valence-corrected chi connectivity index (χ3v) is 6.38. The fourth-order valence-corrected chi connectivity index (χ4v) is 4.65. The lowest BCUT2D eigenvalue weighted by atomic mass is 9.82. The van der Waals surface area contributed by atoms with Crippen LogP contribution in [0.3, 0.4) is 0 Å². The Morgan fingerprint density at radius 3 is 2.39 bits per heavy atom. The first-order chi connectivity index (χ1) is 11.2. The molecule has 3 atom stereocenters. The maximum absolute atomic E-state index is 12.7. The SMILES string of the molecule is O=C(N[C@@H]1CCC[C@@H](C2CC2)C1)[C@@H]1CCCN(C(=O)C2CC2)C1. The van der Waals surface area contributed by atoms with E-state index in [-0.39, 0.29) is 17.7 Å². The molecule has 2 amide bonds. The van der Waals surface area contributed by atoms with Gasteiger partial charge in [0.15, 0.2) is 0 Å². The highest BCUT2D eigenvalue weighted by molar-refractivity contribution is 5.83. The highest BCUT2D eigenvalue weighted by atomic mass is 16.2. The third kappa shape index (κ3) is 3.72. The third-order valence-electron chi connectivity index (χ3n) is 6.38. The average molecular weight is 318 g/mol. The Morgan fingerprint density at radius 2 is 1.65 bits per heavy atom. The quantitative estimate of drug-likeness (QED) is 0.866. The van der Waals surface area contributed by atoms with Crippen LogP contribution in [-0.4, -0.2) is 35.8 Å². The summed E-state index contributed by atoms with van der Waals surface area (Å²) in [7, 11) is 0. The number of piperidine rings is 1. The van der Waals surface area contributed by atoms with Crippen LogP contribution in [0.4, 0.5) is 0 Å². The summed E-state index contributed by atoms with van der Waals surface area (Å²) in [6.45, 7) is 1.51. The molecule has 0 radical (unpaired) electrons. The Kier molecular flexibility index (Phi) is 4.33. The largest absolute Gasteiger partial charge is 0.353 e.